The van der Waals surface area contributed by atoms with Gasteiger partial charge in [0.05, 0.1) is 6.54 Å². The zero-order chi connectivity index (χ0) is 28.0. The lowest BCUT2D eigenvalue weighted by atomic mass is 9.87. The summed E-state index contributed by atoms with van der Waals surface area (Å²) in [4.78, 5) is 4.96. The molecule has 42 heavy (non-hydrogen) atoms. The van der Waals surface area contributed by atoms with E-state index in [4.69, 9.17) is 9.73 Å². The number of ether oxygens (including phenoxy) is 1. The monoisotopic (exact) mass is 561 g/mol. The van der Waals surface area contributed by atoms with Gasteiger partial charge in [0.15, 0.2) is 0 Å². The maximum atomic E-state index is 6.74. The van der Waals surface area contributed by atoms with E-state index < -0.39 is 0 Å². The number of hydrogen-bond donors (Lipinski definition) is 0. The number of aliphatic imine (C=N–C) groups is 1. The largest absolute Gasteiger partial charge is 0.484 e. The minimum Gasteiger partial charge on any atom is -0.484 e. The molecule has 204 valence electrons. The Balaban J connectivity index is 1.05. The summed E-state index contributed by atoms with van der Waals surface area (Å²) in [6.07, 6.45) is 15.8. The van der Waals surface area contributed by atoms with Gasteiger partial charge in [-0.25, -0.2) is 0 Å². The van der Waals surface area contributed by atoms with Gasteiger partial charge in [0.2, 0.25) is 0 Å². The SMILES string of the molecule is CC(=NCc1ccc(C2=CCCC=C2)cc1)C1=CC2Oc3c(-c4cccc5c4sc4ccccc45)cccc3C2C=C1. The molecule has 4 aromatic carbocycles. The van der Waals surface area contributed by atoms with E-state index in [2.05, 4.69) is 128 Å². The van der Waals surface area contributed by atoms with Crippen LogP contribution in [0.25, 0.3) is 36.9 Å². The number of allylic oxidation sites excluding steroid dienone is 6. The van der Waals surface area contributed by atoms with Gasteiger partial charge in [-0.2, -0.15) is 0 Å². The molecule has 2 heterocycles. The fraction of sp³-hybridized carbons (Fsp3) is 0.154. The van der Waals surface area contributed by atoms with E-state index in [1.54, 1.807) is 0 Å². The van der Waals surface area contributed by atoms with Gasteiger partial charge in [-0.1, -0.05) is 109 Å². The van der Waals surface area contributed by atoms with Gasteiger partial charge < -0.3 is 4.74 Å². The minimum atomic E-state index is -0.0241. The summed E-state index contributed by atoms with van der Waals surface area (Å²) in [6, 6.07) is 30.8. The van der Waals surface area contributed by atoms with Crippen LogP contribution in [0.1, 0.15) is 42.4 Å². The molecule has 5 aromatic rings. The van der Waals surface area contributed by atoms with Crippen molar-refractivity contribution in [2.45, 2.75) is 38.3 Å². The van der Waals surface area contributed by atoms with E-state index in [1.165, 1.54) is 53.6 Å². The molecule has 8 rings (SSSR count). The lowest BCUT2D eigenvalue weighted by Crippen LogP contribution is -2.19. The molecule has 3 heteroatoms. The van der Waals surface area contributed by atoms with Crippen molar-refractivity contribution in [1.82, 2.24) is 0 Å². The number of para-hydroxylation sites is 1. The van der Waals surface area contributed by atoms with Crippen molar-refractivity contribution in [2.75, 3.05) is 0 Å². The quantitative estimate of drug-likeness (QED) is 0.196. The molecule has 0 fully saturated rings. The first-order valence-electron chi connectivity index (χ1n) is 14.8. The fourth-order valence-corrected chi connectivity index (χ4v) is 7.70. The van der Waals surface area contributed by atoms with Gasteiger partial charge in [-0.15, -0.1) is 11.3 Å². The van der Waals surface area contributed by atoms with Crippen LogP contribution < -0.4 is 4.74 Å². The molecular formula is C39H31NOS. The zero-order valence-corrected chi connectivity index (χ0v) is 24.4. The highest BCUT2D eigenvalue weighted by atomic mass is 32.1. The lowest BCUT2D eigenvalue weighted by Gasteiger charge is -2.18. The summed E-state index contributed by atoms with van der Waals surface area (Å²) >= 11 is 1.87. The second-order valence-electron chi connectivity index (χ2n) is 11.3. The number of rotatable bonds is 5. The molecule has 0 radical (unpaired) electrons. The Labute approximate surface area is 250 Å². The van der Waals surface area contributed by atoms with Crippen LogP contribution in [-0.4, -0.2) is 11.8 Å². The highest BCUT2D eigenvalue weighted by Crippen LogP contribution is 2.49. The van der Waals surface area contributed by atoms with Gasteiger partial charge in [0.1, 0.15) is 11.9 Å². The number of benzene rings is 4. The van der Waals surface area contributed by atoms with Crippen molar-refractivity contribution < 1.29 is 4.74 Å². The lowest BCUT2D eigenvalue weighted by molar-refractivity contribution is 0.269. The first kappa shape index (κ1) is 25.3. The molecule has 2 nitrogen and oxygen atoms in total. The third-order valence-electron chi connectivity index (χ3n) is 8.73. The molecule has 0 amide bonds. The van der Waals surface area contributed by atoms with E-state index in [9.17, 15) is 0 Å². The van der Waals surface area contributed by atoms with E-state index in [0.29, 0.717) is 6.54 Å². The van der Waals surface area contributed by atoms with Gasteiger partial charge >= 0.3 is 0 Å². The topological polar surface area (TPSA) is 21.6 Å². The van der Waals surface area contributed by atoms with E-state index in [0.717, 1.165) is 29.9 Å². The van der Waals surface area contributed by atoms with Crippen LogP contribution in [-0.2, 0) is 6.54 Å². The zero-order valence-electron chi connectivity index (χ0n) is 23.6. The number of fused-ring (bicyclic) bond motifs is 6. The van der Waals surface area contributed by atoms with Crippen molar-refractivity contribution in [3.8, 4) is 16.9 Å². The molecule has 2 aliphatic carbocycles. The summed E-state index contributed by atoms with van der Waals surface area (Å²) in [5, 5.41) is 2.63. The van der Waals surface area contributed by atoms with Crippen molar-refractivity contribution >= 4 is 42.8 Å². The summed E-state index contributed by atoms with van der Waals surface area (Å²) < 4.78 is 9.39. The third-order valence-corrected chi connectivity index (χ3v) is 9.95. The Morgan fingerprint density at radius 2 is 1.69 bits per heavy atom. The summed E-state index contributed by atoms with van der Waals surface area (Å²) in [5.41, 5.74) is 9.70. The molecular weight excluding hydrogens is 531 g/mol. The molecule has 1 aliphatic heterocycles. The minimum absolute atomic E-state index is 0.0241. The molecule has 0 saturated heterocycles. The van der Waals surface area contributed by atoms with Crippen LogP contribution in [0, 0.1) is 0 Å². The highest BCUT2D eigenvalue weighted by molar-refractivity contribution is 7.26. The van der Waals surface area contributed by atoms with Crippen LogP contribution in [0.2, 0.25) is 0 Å². The number of hydrogen-bond acceptors (Lipinski definition) is 3. The van der Waals surface area contributed by atoms with E-state index in [1.807, 2.05) is 11.3 Å². The third kappa shape index (κ3) is 4.36. The van der Waals surface area contributed by atoms with Crippen LogP contribution >= 0.6 is 11.3 Å². The smallest absolute Gasteiger partial charge is 0.132 e. The van der Waals surface area contributed by atoms with Crippen LogP contribution in [0.5, 0.6) is 5.75 Å². The maximum absolute atomic E-state index is 6.74. The van der Waals surface area contributed by atoms with Crippen molar-refractivity contribution in [3.05, 3.63) is 144 Å². The molecule has 2 unspecified atom stereocenters. The predicted octanol–water partition coefficient (Wildman–Crippen LogP) is 10.5. The maximum Gasteiger partial charge on any atom is 0.132 e. The van der Waals surface area contributed by atoms with E-state index in [-0.39, 0.29) is 12.0 Å². The second-order valence-corrected chi connectivity index (χ2v) is 12.4. The Kier molecular flexibility index (Phi) is 6.27. The molecule has 2 atom stereocenters. The van der Waals surface area contributed by atoms with Gasteiger partial charge in [0.25, 0.3) is 0 Å². The van der Waals surface area contributed by atoms with Crippen molar-refractivity contribution in [2.24, 2.45) is 4.99 Å². The Morgan fingerprint density at radius 3 is 2.57 bits per heavy atom. The van der Waals surface area contributed by atoms with Crippen molar-refractivity contribution in [3.63, 3.8) is 0 Å². The van der Waals surface area contributed by atoms with Crippen LogP contribution in [0.3, 0.4) is 0 Å². The summed E-state index contributed by atoms with van der Waals surface area (Å²) in [6.45, 7) is 2.78. The molecule has 3 aliphatic rings. The predicted molar refractivity (Wildman–Crippen MR) is 179 cm³/mol. The summed E-state index contributed by atoms with van der Waals surface area (Å²) in [7, 11) is 0. The average molecular weight is 562 g/mol. The molecule has 1 aromatic heterocycles. The van der Waals surface area contributed by atoms with E-state index >= 15 is 0 Å². The fourth-order valence-electron chi connectivity index (χ4n) is 6.47. The number of nitrogens with zero attached hydrogens (tertiary/aromatic N) is 1. The Hall–Kier alpha value is -4.47. The standard InChI is InChI=1S/C39H31NOS/c1-25(40-24-26-17-19-28(20-18-26)27-9-3-2-4-10-27)29-21-22-30-32-12-7-13-33(38(32)41-36(30)23-29)35-15-8-14-34-31-11-5-6-16-37(31)42-39(34)35/h3,5-23,30,36H,2,4,24H2,1H3. The van der Waals surface area contributed by atoms with Crippen LogP contribution in [0.4, 0.5) is 0 Å². The molecule has 0 spiro atoms. The average Bonchev–Trinajstić information content (AvgIpc) is 3.62. The van der Waals surface area contributed by atoms with Crippen molar-refractivity contribution in [1.29, 1.82) is 0 Å². The van der Waals surface area contributed by atoms with Crippen LogP contribution in [0.15, 0.2) is 132 Å². The molecule has 0 bridgehead atoms. The summed E-state index contributed by atoms with van der Waals surface area (Å²) in [5.74, 6) is 1.23. The van der Waals surface area contributed by atoms with Gasteiger partial charge in [-0.05, 0) is 54.2 Å². The first-order chi connectivity index (χ1) is 20.7. The molecule has 0 saturated carbocycles. The van der Waals surface area contributed by atoms with Gasteiger partial charge in [-0.3, -0.25) is 4.99 Å². The Morgan fingerprint density at radius 1 is 0.857 bits per heavy atom. The first-order valence-corrected chi connectivity index (χ1v) is 15.6. The molecule has 0 N–H and O–H groups in total. The number of thiophene rings is 1. The second kappa shape index (κ2) is 10.4. The van der Waals surface area contributed by atoms with Gasteiger partial charge in [0, 0.05) is 48.5 Å². The normalized spacial score (nSPS) is 19.4. The Bertz CT molecular complexity index is 2000. The highest BCUT2D eigenvalue weighted by Gasteiger charge is 2.35.